The third-order valence-corrected chi connectivity index (χ3v) is 16.4. The highest BCUT2D eigenvalue weighted by Crippen LogP contribution is 2.22. The summed E-state index contributed by atoms with van der Waals surface area (Å²) in [5, 5.41) is 80.4. The highest BCUT2D eigenvalue weighted by molar-refractivity contribution is 6.07. The normalized spacial score (nSPS) is 21.3. The molecule has 0 spiro atoms. The number of aromatic nitrogens is 1. The van der Waals surface area contributed by atoms with Crippen LogP contribution in [0.2, 0.25) is 0 Å². The second-order valence-electron chi connectivity index (χ2n) is 26.0. The SMILES string of the molecule is CC(=O)N[C@@H](Cc1c[nH]c2ccccc12)C(=O)N[C@H](CC(N)=O)C(=O)N[C@@H](CC(=O)O)C(=O)N[C@@H]1C(=O)NCC(=O)N[C@@H](CCCN)C(=O)N[C@@H](CC(=O)O)C(=O)N[C@H](C)C(=O)N[C@@H](CC(=O)O)C(=O)NCC(=O)N[C@H](CO)C(=O)N[C@@H]([C@@H](C)CC(=O)O)C(=O)N[C@@H](CC(=O)c2ccccc2NC(=O)OC(C)C)C(=O)O[C@@H]1C. The number of rotatable bonds is 29. The van der Waals surface area contributed by atoms with Crippen LogP contribution in [0, 0.1) is 5.92 Å². The summed E-state index contributed by atoms with van der Waals surface area (Å²) in [4.78, 5) is 288. The molecule has 1 fully saturated rings. The van der Waals surface area contributed by atoms with Crippen LogP contribution in [0.4, 0.5) is 10.5 Å². The van der Waals surface area contributed by atoms with Gasteiger partial charge >= 0.3 is 35.9 Å². The Balaban J connectivity index is 1.94. The zero-order chi connectivity index (χ0) is 84.7. The Hall–Kier alpha value is -13.2. The number of carbonyl (C=O) groups is 21. The number of anilines is 1. The summed E-state index contributed by atoms with van der Waals surface area (Å²) in [6, 6.07) is -11.3. The van der Waals surface area contributed by atoms with Gasteiger partial charge < -0.3 is 121 Å². The van der Waals surface area contributed by atoms with Gasteiger partial charge in [0.1, 0.15) is 72.6 Å². The highest BCUT2D eigenvalue weighted by Gasteiger charge is 2.41. The number of carboxylic acid groups (broad SMARTS) is 4. The fourth-order valence-electron chi connectivity index (χ4n) is 10.9. The van der Waals surface area contributed by atoms with Gasteiger partial charge in [-0.25, -0.2) is 9.59 Å². The molecule has 0 aliphatic carbocycles. The van der Waals surface area contributed by atoms with Crippen molar-refractivity contribution in [2.75, 3.05) is 31.6 Å². The number of hydrogen-bond acceptors (Lipinski definition) is 25. The number of benzene rings is 2. The minimum absolute atomic E-state index is 0.110. The molecular formula is C68H91N17O28. The smallest absolute Gasteiger partial charge is 0.411 e. The predicted octanol–water partition coefficient (Wildman–Crippen LogP) is -7.37. The Morgan fingerprint density at radius 1 is 0.575 bits per heavy atom. The summed E-state index contributed by atoms with van der Waals surface area (Å²) in [7, 11) is 0. The number of H-pyrrole nitrogens is 1. The summed E-state index contributed by atoms with van der Waals surface area (Å²) in [5.74, 6) is -30.6. The van der Waals surface area contributed by atoms with E-state index in [-0.39, 0.29) is 25.1 Å². The average molecular weight is 1590 g/mol. The number of ketones is 1. The van der Waals surface area contributed by atoms with E-state index in [1.165, 1.54) is 38.2 Å². The van der Waals surface area contributed by atoms with Crippen LogP contribution in [0.15, 0.2) is 54.7 Å². The molecule has 113 heavy (non-hydrogen) atoms. The number of aliphatic hydroxyl groups excluding tert-OH is 1. The number of nitrogens with two attached hydrogens (primary N) is 2. The van der Waals surface area contributed by atoms with Gasteiger partial charge in [0.15, 0.2) is 5.78 Å². The maximum atomic E-state index is 15.0. The lowest BCUT2D eigenvalue weighted by molar-refractivity contribution is -0.156. The average Bonchev–Trinajstić information content (AvgIpc) is 1.77. The first-order valence-electron chi connectivity index (χ1n) is 34.8. The van der Waals surface area contributed by atoms with Crippen molar-refractivity contribution >= 4 is 141 Å². The first kappa shape index (κ1) is 92.2. The topological polar surface area (TPSA) is 714 Å². The molecule has 2 heterocycles. The number of cyclic esters (lactones) is 1. The first-order valence-corrected chi connectivity index (χ1v) is 34.8. The highest BCUT2D eigenvalue weighted by atomic mass is 16.6. The Kier molecular flexibility index (Phi) is 36.2. The van der Waals surface area contributed by atoms with E-state index in [1.54, 1.807) is 24.3 Å². The van der Waals surface area contributed by atoms with Crippen molar-refractivity contribution in [3.63, 3.8) is 0 Å². The Labute approximate surface area is 641 Å². The second-order valence-corrected chi connectivity index (χ2v) is 26.0. The maximum Gasteiger partial charge on any atom is 0.411 e. The number of aliphatic hydroxyl groups is 1. The molecule has 0 bridgehead atoms. The summed E-state index contributed by atoms with van der Waals surface area (Å²) >= 11 is 0. The summed E-state index contributed by atoms with van der Waals surface area (Å²) in [5.41, 5.74) is 11.6. The molecule has 45 nitrogen and oxygen atoms in total. The number of primary amides is 1. The van der Waals surface area contributed by atoms with Gasteiger partial charge in [0.25, 0.3) is 0 Å². The van der Waals surface area contributed by atoms with Gasteiger partial charge in [0, 0.05) is 42.4 Å². The second kappa shape index (κ2) is 44.4. The molecule has 2 aromatic carbocycles. The van der Waals surface area contributed by atoms with Crippen LogP contribution in [0.1, 0.15) is 109 Å². The fourth-order valence-corrected chi connectivity index (χ4v) is 10.9. The minimum atomic E-state index is -2.49. The molecule has 0 radical (unpaired) electrons. The molecule has 15 amide bonds. The van der Waals surface area contributed by atoms with Crippen LogP contribution in [-0.2, 0) is 107 Å². The number of ether oxygens (including phenoxy) is 2. The first-order chi connectivity index (χ1) is 53.1. The van der Waals surface area contributed by atoms with Crippen molar-refractivity contribution in [3.8, 4) is 0 Å². The molecule has 13 atom stereocenters. The van der Waals surface area contributed by atoms with Crippen molar-refractivity contribution in [2.45, 2.75) is 178 Å². The number of carbonyl (C=O) groups excluding carboxylic acids is 17. The van der Waals surface area contributed by atoms with E-state index in [1.807, 2.05) is 21.3 Å². The zero-order valence-corrected chi connectivity index (χ0v) is 61.8. The summed E-state index contributed by atoms with van der Waals surface area (Å²) in [6.45, 7) is 2.90. The molecule has 24 N–H and O–H groups in total. The van der Waals surface area contributed by atoms with Gasteiger partial charge in [0.2, 0.25) is 82.7 Å². The van der Waals surface area contributed by atoms with Crippen LogP contribution in [-0.4, -0.2) is 260 Å². The van der Waals surface area contributed by atoms with E-state index in [0.717, 1.165) is 33.8 Å². The number of esters is 1. The zero-order valence-electron chi connectivity index (χ0n) is 61.8. The monoisotopic (exact) mass is 1590 g/mol. The number of Topliss-reactive ketones (excluding diaryl/α,β-unsaturated/α-hetero) is 1. The molecule has 1 aliphatic rings. The Morgan fingerprint density at radius 2 is 1.12 bits per heavy atom. The van der Waals surface area contributed by atoms with Crippen LogP contribution in [0.3, 0.4) is 0 Å². The van der Waals surface area contributed by atoms with Crippen LogP contribution < -0.4 is 85.9 Å². The third-order valence-electron chi connectivity index (χ3n) is 16.4. The molecule has 4 rings (SSSR count). The number of amides is 15. The van der Waals surface area contributed by atoms with E-state index >= 15 is 0 Å². The number of aliphatic carboxylic acids is 4. The van der Waals surface area contributed by atoms with Gasteiger partial charge in [-0.2, -0.15) is 0 Å². The van der Waals surface area contributed by atoms with Gasteiger partial charge in [-0.3, -0.25) is 96.4 Å². The van der Waals surface area contributed by atoms with Crippen molar-refractivity contribution in [3.05, 3.63) is 65.9 Å². The molecule has 0 unspecified atom stereocenters. The van der Waals surface area contributed by atoms with Crippen LogP contribution in [0.25, 0.3) is 10.9 Å². The van der Waals surface area contributed by atoms with Crippen molar-refractivity contribution in [1.82, 2.24) is 74.1 Å². The number of para-hydroxylation sites is 2. The van der Waals surface area contributed by atoms with E-state index < -0.39 is 279 Å². The van der Waals surface area contributed by atoms with E-state index in [0.29, 0.717) is 16.5 Å². The summed E-state index contributed by atoms with van der Waals surface area (Å²) in [6.07, 6.45) is -10.5. The van der Waals surface area contributed by atoms with Gasteiger partial charge in [-0.15, -0.1) is 0 Å². The maximum absolute atomic E-state index is 15.0. The van der Waals surface area contributed by atoms with Gasteiger partial charge in [-0.05, 0) is 76.8 Å². The number of hydrogen-bond donors (Lipinski definition) is 22. The van der Waals surface area contributed by atoms with Gasteiger partial charge in [-0.1, -0.05) is 37.3 Å². The van der Waals surface area contributed by atoms with Gasteiger partial charge in [0.05, 0.1) is 63.6 Å². The number of nitrogens with one attached hydrogen (secondary N) is 15. The fraction of sp³-hybridized carbons (Fsp3) is 0.485. The molecular weight excluding hydrogens is 1500 g/mol. The molecule has 1 aliphatic heterocycles. The third kappa shape index (κ3) is 30.6. The summed E-state index contributed by atoms with van der Waals surface area (Å²) < 4.78 is 10.8. The molecule has 1 aromatic heterocycles. The van der Waals surface area contributed by atoms with Crippen LogP contribution >= 0.6 is 0 Å². The van der Waals surface area contributed by atoms with Crippen molar-refractivity contribution in [1.29, 1.82) is 0 Å². The molecule has 3 aromatic rings. The Bertz CT molecular complexity index is 4090. The van der Waals surface area contributed by atoms with E-state index in [9.17, 15) is 126 Å². The lowest BCUT2D eigenvalue weighted by Crippen LogP contribution is -2.62. The molecule has 45 heteroatoms. The lowest BCUT2D eigenvalue weighted by Gasteiger charge is -2.30. The largest absolute Gasteiger partial charge is 0.481 e. The van der Waals surface area contributed by atoms with E-state index in [2.05, 4.69) is 58.2 Å². The predicted molar refractivity (Wildman–Crippen MR) is 384 cm³/mol. The molecule has 616 valence electrons. The quantitative estimate of drug-likeness (QED) is 0.0227. The Morgan fingerprint density at radius 3 is 1.70 bits per heavy atom. The van der Waals surface area contributed by atoms with Crippen molar-refractivity contribution in [2.24, 2.45) is 17.4 Å². The lowest BCUT2D eigenvalue weighted by atomic mass is 9.95. The number of aromatic amines is 1. The van der Waals surface area contributed by atoms with Crippen LogP contribution in [0.5, 0.6) is 0 Å². The molecule has 1 saturated heterocycles. The molecule has 0 saturated carbocycles. The van der Waals surface area contributed by atoms with E-state index in [4.69, 9.17) is 20.9 Å². The minimum Gasteiger partial charge on any atom is -0.481 e. The van der Waals surface area contributed by atoms with Crippen molar-refractivity contribution < 1.29 is 136 Å². The number of fused-ring (bicyclic) bond motifs is 1. The standard InChI is InChI=1S/C68H91N17O28/c1-29(2)112-68(111)83-38-15-10-8-13-36(38)47(88)20-45-67(110)113-32(5)56(85-63(106)44(24-54(98)99)81-62(105)41(21-48(70)89)79-61(104)40(75-33(6)87)19-34-25-71-37-14-9-7-12-35(34)37)65(108)73-27-49(90)76-39(16-11-17-69)59(102)80-43(23-53(96)97)60(103)74-31(4)57(100)78-42(22-52(94)95)58(101)72-26-50(91)77-46(28-86)64(107)84-55(66(109)82-45)30(3)18-51(92)93/h7-10,12-15,25,29-32,39-46,55-56,71,86H,11,16-24,26-28,69H2,1-6H3,(H2,70,89)(H,72,101)(H,73,108)(H,74,103)(H,75,87)(H,76,90)(H,77,91)(H,78,100)(H,79,104)(H,80,102)(H,81,105)(H,82,109)(H,83,111)(H,84,107)(H,85,106)(H,92,93)(H,94,95)(H,96,97)(H,98,99)/t30-,31+,32+,39-,40-,41+,42-,43-,44-,45-,46+,55-,56-/m0/s1. The number of carboxylic acids is 4.